The fraction of sp³-hybridized carbons (Fsp3) is 0.286. The van der Waals surface area contributed by atoms with Crippen LogP contribution in [0.5, 0.6) is 0 Å². The molecule has 0 aliphatic carbocycles. The average Bonchev–Trinajstić information content (AvgIpc) is 2.55. The highest BCUT2D eigenvalue weighted by molar-refractivity contribution is 6.17. The molecule has 0 bridgehead atoms. The molecule has 0 atom stereocenters. The number of H-pyrrole nitrogens is 1. The number of hydrogen-bond acceptors (Lipinski definition) is 3. The van der Waals surface area contributed by atoms with E-state index in [1.54, 1.807) is 0 Å². The monoisotopic (exact) mass is 166 g/mol. The van der Waals surface area contributed by atoms with Crippen molar-refractivity contribution in [3.05, 3.63) is 18.5 Å². The van der Waals surface area contributed by atoms with Crippen molar-refractivity contribution in [3.8, 4) is 0 Å². The number of aromatic nitrogens is 3. The number of carbonyl (C=O) groups is 1. The summed E-state index contributed by atoms with van der Waals surface area (Å²) in [5, 5.41) is 12.3. The number of hydrogen-bond donors (Lipinski definition) is 2. The molecule has 5 heteroatoms. The molecule has 5 nitrogen and oxygen atoms in total. The van der Waals surface area contributed by atoms with Crippen LogP contribution >= 0.6 is 0 Å². The zero-order chi connectivity index (χ0) is 8.97. The second kappa shape index (κ2) is 3.66. The van der Waals surface area contributed by atoms with Crippen LogP contribution in [-0.4, -0.2) is 27.9 Å². The van der Waals surface area contributed by atoms with E-state index in [2.05, 4.69) is 27.3 Å². The molecule has 0 fully saturated rings. The van der Waals surface area contributed by atoms with Crippen LogP contribution < -0.4 is 5.32 Å². The first kappa shape index (κ1) is 8.45. The molecule has 1 aromatic heterocycles. The summed E-state index contributed by atoms with van der Waals surface area (Å²) in [6.07, 6.45) is 1.46. The second-order valence-corrected chi connectivity index (χ2v) is 2.19. The van der Waals surface area contributed by atoms with Crippen LogP contribution in [0.2, 0.25) is 0 Å². The van der Waals surface area contributed by atoms with E-state index in [4.69, 9.17) is 0 Å². The van der Waals surface area contributed by atoms with Crippen LogP contribution in [0.15, 0.2) is 12.8 Å². The van der Waals surface area contributed by atoms with Gasteiger partial charge in [-0.15, -0.1) is 0 Å². The van der Waals surface area contributed by atoms with Gasteiger partial charge >= 0.3 is 0 Å². The predicted molar refractivity (Wildman–Crippen MR) is 44.1 cm³/mol. The summed E-state index contributed by atoms with van der Waals surface area (Å²) < 4.78 is 0. The van der Waals surface area contributed by atoms with Gasteiger partial charge < -0.3 is 5.32 Å². The van der Waals surface area contributed by atoms with Crippen molar-refractivity contribution >= 4 is 11.5 Å². The third kappa shape index (κ3) is 1.69. The summed E-state index contributed by atoms with van der Waals surface area (Å²) in [4.78, 5) is 11.1. The van der Waals surface area contributed by atoms with E-state index in [0.29, 0.717) is 17.8 Å². The van der Waals surface area contributed by atoms with Gasteiger partial charge in [0.25, 0.3) is 5.91 Å². The van der Waals surface area contributed by atoms with Gasteiger partial charge in [-0.2, -0.15) is 15.4 Å². The summed E-state index contributed by atoms with van der Waals surface area (Å²) in [6, 6.07) is 0. The summed E-state index contributed by atoms with van der Waals surface area (Å²) in [5.74, 6) is -0.216. The standard InChI is InChI=1S/C7H10N4O/c1-3-8-7(12)5(2)6-4-9-11-10-6/h4H,2-3H2,1H3,(H,8,12)(H,9,10,11). The van der Waals surface area contributed by atoms with Gasteiger partial charge in [0, 0.05) is 6.54 Å². The molecule has 12 heavy (non-hydrogen) atoms. The first-order valence-electron chi connectivity index (χ1n) is 3.59. The zero-order valence-corrected chi connectivity index (χ0v) is 6.79. The lowest BCUT2D eigenvalue weighted by atomic mass is 10.2. The summed E-state index contributed by atoms with van der Waals surface area (Å²) >= 11 is 0. The fourth-order valence-corrected chi connectivity index (χ4v) is 0.731. The first-order chi connectivity index (χ1) is 5.75. The van der Waals surface area contributed by atoms with Crippen molar-refractivity contribution < 1.29 is 4.79 Å². The molecule has 0 aliphatic rings. The Morgan fingerprint density at radius 1 is 1.83 bits per heavy atom. The van der Waals surface area contributed by atoms with Gasteiger partial charge in [-0.05, 0) is 6.92 Å². The Labute approximate surface area is 69.9 Å². The summed E-state index contributed by atoms with van der Waals surface area (Å²) in [5.41, 5.74) is 0.798. The van der Waals surface area contributed by atoms with Crippen molar-refractivity contribution in [1.82, 2.24) is 20.7 Å². The topological polar surface area (TPSA) is 70.7 Å². The van der Waals surface area contributed by atoms with Crippen molar-refractivity contribution in [2.75, 3.05) is 6.54 Å². The molecule has 64 valence electrons. The van der Waals surface area contributed by atoms with Gasteiger partial charge in [0.1, 0.15) is 5.69 Å². The molecule has 0 saturated carbocycles. The second-order valence-electron chi connectivity index (χ2n) is 2.19. The molecule has 0 saturated heterocycles. The lowest BCUT2D eigenvalue weighted by Gasteiger charge is -2.00. The molecule has 0 aromatic carbocycles. The van der Waals surface area contributed by atoms with E-state index < -0.39 is 0 Å². The molecular formula is C7H10N4O. The molecule has 0 aliphatic heterocycles. The van der Waals surface area contributed by atoms with E-state index in [1.807, 2.05) is 6.92 Å². The minimum Gasteiger partial charge on any atom is -0.352 e. The number of aromatic amines is 1. The fourth-order valence-electron chi connectivity index (χ4n) is 0.731. The number of rotatable bonds is 3. The van der Waals surface area contributed by atoms with Gasteiger partial charge in [-0.3, -0.25) is 4.79 Å². The maximum absolute atomic E-state index is 11.1. The van der Waals surface area contributed by atoms with Crippen LogP contribution in [0, 0.1) is 0 Å². The van der Waals surface area contributed by atoms with E-state index in [-0.39, 0.29) is 5.91 Å². The van der Waals surface area contributed by atoms with Gasteiger partial charge in [0.05, 0.1) is 11.8 Å². The summed E-state index contributed by atoms with van der Waals surface area (Å²) in [6.45, 7) is 6.00. The number of nitrogens with one attached hydrogen (secondary N) is 2. The van der Waals surface area contributed by atoms with E-state index >= 15 is 0 Å². The number of carbonyl (C=O) groups excluding carboxylic acids is 1. The molecular weight excluding hydrogens is 156 g/mol. The van der Waals surface area contributed by atoms with Gasteiger partial charge in [-0.1, -0.05) is 6.58 Å². The lowest BCUT2D eigenvalue weighted by molar-refractivity contribution is -0.115. The van der Waals surface area contributed by atoms with Crippen LogP contribution in [0.3, 0.4) is 0 Å². The minimum absolute atomic E-state index is 0.216. The highest BCUT2D eigenvalue weighted by Crippen LogP contribution is 2.05. The Hall–Kier alpha value is -1.65. The Bertz CT molecular complexity index is 278. The molecule has 0 radical (unpaired) electrons. The Kier molecular flexibility index (Phi) is 2.57. The first-order valence-corrected chi connectivity index (χ1v) is 3.59. The van der Waals surface area contributed by atoms with Crippen LogP contribution in [0.4, 0.5) is 0 Å². The molecule has 1 rings (SSSR count). The normalized spacial score (nSPS) is 9.42. The molecule has 2 N–H and O–H groups in total. The van der Waals surface area contributed by atoms with Gasteiger partial charge in [0.2, 0.25) is 0 Å². The van der Waals surface area contributed by atoms with Crippen molar-refractivity contribution in [1.29, 1.82) is 0 Å². The largest absolute Gasteiger partial charge is 0.352 e. The number of amides is 1. The molecule has 0 unspecified atom stereocenters. The Morgan fingerprint density at radius 3 is 3.08 bits per heavy atom. The highest BCUT2D eigenvalue weighted by atomic mass is 16.1. The van der Waals surface area contributed by atoms with Crippen molar-refractivity contribution in [2.45, 2.75) is 6.92 Å². The van der Waals surface area contributed by atoms with Crippen LogP contribution in [0.1, 0.15) is 12.6 Å². The van der Waals surface area contributed by atoms with E-state index in [1.165, 1.54) is 6.20 Å². The highest BCUT2D eigenvalue weighted by Gasteiger charge is 2.09. The van der Waals surface area contributed by atoms with Crippen molar-refractivity contribution in [2.24, 2.45) is 0 Å². The zero-order valence-electron chi connectivity index (χ0n) is 6.79. The predicted octanol–water partition coefficient (Wildman–Crippen LogP) is -0.0460. The third-order valence-corrected chi connectivity index (χ3v) is 1.34. The van der Waals surface area contributed by atoms with Crippen LogP contribution in [0.25, 0.3) is 5.57 Å². The average molecular weight is 166 g/mol. The third-order valence-electron chi connectivity index (χ3n) is 1.34. The molecule has 1 heterocycles. The Balaban J connectivity index is 2.66. The summed E-state index contributed by atoms with van der Waals surface area (Å²) in [7, 11) is 0. The minimum atomic E-state index is -0.216. The maximum Gasteiger partial charge on any atom is 0.252 e. The Morgan fingerprint density at radius 2 is 2.58 bits per heavy atom. The molecule has 1 aromatic rings. The quantitative estimate of drug-likeness (QED) is 0.618. The van der Waals surface area contributed by atoms with Crippen molar-refractivity contribution in [3.63, 3.8) is 0 Å². The smallest absolute Gasteiger partial charge is 0.252 e. The SMILES string of the molecule is C=C(C(=O)NCC)c1cn[nH]n1. The van der Waals surface area contributed by atoms with E-state index in [9.17, 15) is 4.79 Å². The number of nitrogens with zero attached hydrogens (tertiary/aromatic N) is 2. The molecule has 0 spiro atoms. The molecule has 1 amide bonds. The van der Waals surface area contributed by atoms with Gasteiger partial charge in [0.15, 0.2) is 0 Å². The number of likely N-dealkylation sites (N-methyl/N-ethyl adjacent to an activating group) is 1. The maximum atomic E-state index is 11.1. The van der Waals surface area contributed by atoms with Gasteiger partial charge in [-0.25, -0.2) is 0 Å². The van der Waals surface area contributed by atoms with Crippen LogP contribution in [-0.2, 0) is 4.79 Å². The van der Waals surface area contributed by atoms with E-state index in [0.717, 1.165) is 0 Å². The lowest BCUT2D eigenvalue weighted by Crippen LogP contribution is -2.23.